The van der Waals surface area contributed by atoms with Gasteiger partial charge in [-0.05, 0) is 18.8 Å². The molecule has 106 valence electrons. The maximum Gasteiger partial charge on any atom is 0.340 e. The summed E-state index contributed by atoms with van der Waals surface area (Å²) in [5.74, 6) is 0.628. The monoisotopic (exact) mass is 282 g/mol. The topological polar surface area (TPSA) is 63.1 Å². The smallest absolute Gasteiger partial charge is 0.340 e. The van der Waals surface area contributed by atoms with Gasteiger partial charge >= 0.3 is 5.97 Å². The largest absolute Gasteiger partial charge is 0.478 e. The van der Waals surface area contributed by atoms with Crippen LogP contribution < -0.4 is 0 Å². The van der Waals surface area contributed by atoms with E-state index in [4.69, 9.17) is 0 Å². The number of hydrogen-bond acceptors (Lipinski definition) is 4. The third-order valence-corrected chi connectivity index (χ3v) is 3.70. The third kappa shape index (κ3) is 4.82. The lowest BCUT2D eigenvalue weighted by Gasteiger charge is -2.17. The molecule has 19 heavy (non-hydrogen) atoms. The molecule has 0 bridgehead atoms. The molecule has 0 unspecified atom stereocenters. The Hall–Kier alpha value is -1.10. The lowest BCUT2D eigenvalue weighted by atomic mass is 9.94. The van der Waals surface area contributed by atoms with E-state index in [1.54, 1.807) is 6.92 Å². The van der Waals surface area contributed by atoms with Crippen LogP contribution in [0.25, 0.3) is 0 Å². The van der Waals surface area contributed by atoms with Gasteiger partial charge in [0.25, 0.3) is 0 Å². The summed E-state index contributed by atoms with van der Waals surface area (Å²) in [6.45, 7) is 10.2. The van der Waals surface area contributed by atoms with Crippen LogP contribution in [0.2, 0.25) is 0 Å². The van der Waals surface area contributed by atoms with Gasteiger partial charge in [-0.15, -0.1) is 11.8 Å². The van der Waals surface area contributed by atoms with Crippen molar-refractivity contribution in [3.8, 4) is 0 Å². The van der Waals surface area contributed by atoms with E-state index in [-0.39, 0.29) is 11.0 Å². The summed E-state index contributed by atoms with van der Waals surface area (Å²) in [6, 6.07) is 0. The van der Waals surface area contributed by atoms with E-state index < -0.39 is 5.97 Å². The van der Waals surface area contributed by atoms with E-state index in [1.165, 1.54) is 11.8 Å². The van der Waals surface area contributed by atoms with Crippen molar-refractivity contribution in [2.24, 2.45) is 5.41 Å². The molecule has 1 heterocycles. The first-order valence-corrected chi connectivity index (χ1v) is 7.46. The van der Waals surface area contributed by atoms with Crippen molar-refractivity contribution in [1.29, 1.82) is 0 Å². The number of hydrogen-bond donors (Lipinski definition) is 1. The molecule has 1 N–H and O–H groups in total. The Morgan fingerprint density at radius 1 is 1.32 bits per heavy atom. The number of thioether (sulfide) groups is 1. The number of aryl methyl sites for hydroxylation is 2. The van der Waals surface area contributed by atoms with E-state index >= 15 is 0 Å². The molecule has 4 nitrogen and oxygen atoms in total. The normalized spacial score (nSPS) is 11.6. The van der Waals surface area contributed by atoms with Gasteiger partial charge in [-0.25, -0.2) is 14.8 Å². The summed E-state index contributed by atoms with van der Waals surface area (Å²) >= 11 is 1.51. The van der Waals surface area contributed by atoms with Crippen LogP contribution in [-0.4, -0.2) is 26.8 Å². The Kier molecular flexibility index (Phi) is 5.35. The van der Waals surface area contributed by atoms with Crippen LogP contribution in [0, 0.1) is 12.3 Å². The molecule has 0 radical (unpaired) electrons. The molecular weight excluding hydrogens is 260 g/mol. The van der Waals surface area contributed by atoms with Crippen LogP contribution in [0.4, 0.5) is 0 Å². The Labute approximate surface area is 119 Å². The minimum absolute atomic E-state index is 0.242. The lowest BCUT2D eigenvalue weighted by Crippen LogP contribution is -2.11. The van der Waals surface area contributed by atoms with E-state index in [2.05, 4.69) is 30.7 Å². The molecule has 1 rings (SSSR count). The zero-order valence-corrected chi connectivity index (χ0v) is 13.1. The molecule has 1 aromatic heterocycles. The van der Waals surface area contributed by atoms with Crippen molar-refractivity contribution in [3.05, 3.63) is 17.1 Å². The highest BCUT2D eigenvalue weighted by atomic mass is 32.2. The molecular formula is C14H22N2O2S. The van der Waals surface area contributed by atoms with Crippen LogP contribution in [0.15, 0.2) is 5.03 Å². The summed E-state index contributed by atoms with van der Waals surface area (Å²) in [4.78, 5) is 19.9. The maximum atomic E-state index is 11.3. The quantitative estimate of drug-likeness (QED) is 0.660. The Balaban J connectivity index is 2.96. The molecule has 5 heteroatoms. The van der Waals surface area contributed by atoms with Crippen LogP contribution in [0.3, 0.4) is 0 Å². The lowest BCUT2D eigenvalue weighted by molar-refractivity contribution is 0.0690. The molecule has 0 saturated carbocycles. The Morgan fingerprint density at radius 3 is 2.42 bits per heavy atom. The second kappa shape index (κ2) is 6.37. The van der Waals surface area contributed by atoms with Crippen molar-refractivity contribution in [3.63, 3.8) is 0 Å². The molecule has 0 fully saturated rings. The van der Waals surface area contributed by atoms with Crippen LogP contribution in [0.1, 0.15) is 56.0 Å². The highest BCUT2D eigenvalue weighted by molar-refractivity contribution is 7.99. The number of carboxylic acid groups (broad SMARTS) is 1. The molecule has 0 spiro atoms. The Bertz CT molecular complexity index is 467. The summed E-state index contributed by atoms with van der Waals surface area (Å²) in [6.07, 6.45) is 1.73. The maximum absolute atomic E-state index is 11.3. The van der Waals surface area contributed by atoms with Gasteiger partial charge in [0.1, 0.15) is 16.4 Å². The Morgan fingerprint density at radius 2 is 1.95 bits per heavy atom. The molecule has 0 aliphatic rings. The van der Waals surface area contributed by atoms with Gasteiger partial charge in [0, 0.05) is 12.2 Å². The average molecular weight is 282 g/mol. The predicted molar refractivity (Wildman–Crippen MR) is 77.9 cm³/mol. The zero-order valence-electron chi connectivity index (χ0n) is 12.3. The van der Waals surface area contributed by atoms with E-state index in [1.807, 2.05) is 6.92 Å². The first kappa shape index (κ1) is 16.0. The first-order chi connectivity index (χ1) is 8.74. The zero-order chi connectivity index (χ0) is 14.6. The van der Waals surface area contributed by atoms with Crippen LogP contribution in [0.5, 0.6) is 0 Å². The standard InChI is InChI=1S/C14H22N2O2S/c1-6-10-15-9(2)11(13(17)18)12(16-10)19-8-7-14(3,4)5/h6-8H2,1-5H3,(H,17,18). The fourth-order valence-electron chi connectivity index (χ4n) is 1.57. The third-order valence-electron chi connectivity index (χ3n) is 2.72. The highest BCUT2D eigenvalue weighted by Crippen LogP contribution is 2.28. The van der Waals surface area contributed by atoms with Gasteiger partial charge in [0.05, 0.1) is 5.69 Å². The van der Waals surface area contributed by atoms with E-state index in [0.29, 0.717) is 23.0 Å². The fourth-order valence-corrected chi connectivity index (χ4v) is 3.02. The molecule has 0 aliphatic carbocycles. The van der Waals surface area contributed by atoms with Gasteiger partial charge in [-0.1, -0.05) is 27.7 Å². The SMILES string of the molecule is CCc1nc(C)c(C(=O)O)c(SCCC(C)(C)C)n1. The van der Waals surface area contributed by atoms with Gasteiger partial charge in [0.2, 0.25) is 0 Å². The van der Waals surface area contributed by atoms with Crippen molar-refractivity contribution < 1.29 is 9.90 Å². The van der Waals surface area contributed by atoms with Crippen molar-refractivity contribution in [1.82, 2.24) is 9.97 Å². The summed E-state index contributed by atoms with van der Waals surface area (Å²) < 4.78 is 0. The molecule has 0 amide bonds. The number of carboxylic acids is 1. The van der Waals surface area contributed by atoms with Gasteiger partial charge in [-0.2, -0.15) is 0 Å². The van der Waals surface area contributed by atoms with Crippen LogP contribution >= 0.6 is 11.8 Å². The van der Waals surface area contributed by atoms with Gasteiger partial charge in [0.15, 0.2) is 0 Å². The number of rotatable bonds is 5. The number of aromatic nitrogens is 2. The molecule has 1 aromatic rings. The second-order valence-corrected chi connectivity index (χ2v) is 6.81. The van der Waals surface area contributed by atoms with Crippen molar-refractivity contribution in [2.45, 2.75) is 52.5 Å². The molecule has 0 atom stereocenters. The van der Waals surface area contributed by atoms with Gasteiger partial charge in [-0.3, -0.25) is 0 Å². The fraction of sp³-hybridized carbons (Fsp3) is 0.643. The summed E-state index contributed by atoms with van der Waals surface area (Å²) in [5, 5.41) is 9.87. The number of nitrogens with zero attached hydrogens (tertiary/aromatic N) is 2. The van der Waals surface area contributed by atoms with Gasteiger partial charge < -0.3 is 5.11 Å². The van der Waals surface area contributed by atoms with E-state index in [9.17, 15) is 9.90 Å². The van der Waals surface area contributed by atoms with Crippen LogP contribution in [-0.2, 0) is 6.42 Å². The van der Waals surface area contributed by atoms with Crippen molar-refractivity contribution >= 4 is 17.7 Å². The molecule has 0 aliphatic heterocycles. The van der Waals surface area contributed by atoms with Crippen molar-refractivity contribution in [2.75, 3.05) is 5.75 Å². The molecule has 0 aromatic carbocycles. The average Bonchev–Trinajstić information content (AvgIpc) is 2.25. The highest BCUT2D eigenvalue weighted by Gasteiger charge is 2.19. The first-order valence-electron chi connectivity index (χ1n) is 6.48. The van der Waals surface area contributed by atoms with E-state index in [0.717, 1.165) is 12.2 Å². The summed E-state index contributed by atoms with van der Waals surface area (Å²) in [5.41, 5.74) is 1.04. The number of carbonyl (C=O) groups is 1. The molecule has 0 saturated heterocycles. The second-order valence-electron chi connectivity index (χ2n) is 5.72. The minimum atomic E-state index is -0.946. The predicted octanol–water partition coefficient (Wildman–Crippen LogP) is 3.57. The summed E-state index contributed by atoms with van der Waals surface area (Å²) in [7, 11) is 0. The number of aromatic carboxylic acids is 1. The minimum Gasteiger partial charge on any atom is -0.478 e.